The van der Waals surface area contributed by atoms with E-state index in [0.717, 1.165) is 35.4 Å². The van der Waals surface area contributed by atoms with Crippen LogP contribution in [-0.4, -0.2) is 28.4 Å². The predicted octanol–water partition coefficient (Wildman–Crippen LogP) is 2.76. The zero-order valence-electron chi connectivity index (χ0n) is 15.8. The van der Waals surface area contributed by atoms with E-state index in [0.29, 0.717) is 18.4 Å². The van der Waals surface area contributed by atoms with Crippen LogP contribution in [0, 0.1) is 0 Å². The van der Waals surface area contributed by atoms with Crippen molar-refractivity contribution in [1.29, 1.82) is 0 Å². The fraction of sp³-hybridized carbons (Fsp3) is 0.318. The number of benzene rings is 2. The maximum Gasteiger partial charge on any atom is 0.344 e. The normalized spacial score (nSPS) is 20.8. The molecule has 6 nitrogen and oxygen atoms in total. The van der Waals surface area contributed by atoms with E-state index in [4.69, 9.17) is 0 Å². The Hall–Kier alpha value is -3.15. The third kappa shape index (κ3) is 3.38. The van der Waals surface area contributed by atoms with Gasteiger partial charge in [0, 0.05) is 5.56 Å². The number of nitrogens with zero attached hydrogens (tertiary/aromatic N) is 1. The van der Waals surface area contributed by atoms with Crippen LogP contribution in [0.5, 0.6) is 0 Å². The van der Waals surface area contributed by atoms with Crippen molar-refractivity contribution in [2.75, 3.05) is 0 Å². The average Bonchev–Trinajstić information content (AvgIpc) is 3.25. The molecule has 1 atom stereocenters. The van der Waals surface area contributed by atoms with Crippen molar-refractivity contribution in [3.05, 3.63) is 70.8 Å². The van der Waals surface area contributed by atoms with Crippen molar-refractivity contribution >= 4 is 17.8 Å². The maximum absolute atomic E-state index is 12.8. The second kappa shape index (κ2) is 7.11. The summed E-state index contributed by atoms with van der Waals surface area (Å²) in [6, 6.07) is 14.7. The number of imide groups is 1. The second-order valence-corrected chi connectivity index (χ2v) is 7.67. The highest BCUT2D eigenvalue weighted by Gasteiger charge is 2.48. The summed E-state index contributed by atoms with van der Waals surface area (Å²) in [7, 11) is 0. The van der Waals surface area contributed by atoms with Gasteiger partial charge in [-0.2, -0.15) is 5.01 Å². The Morgan fingerprint density at radius 3 is 2.64 bits per heavy atom. The molecule has 28 heavy (non-hydrogen) atoms. The number of hydrazine groups is 1. The molecule has 2 aromatic rings. The van der Waals surface area contributed by atoms with E-state index in [-0.39, 0.29) is 0 Å². The van der Waals surface area contributed by atoms with Gasteiger partial charge in [0.2, 0.25) is 0 Å². The van der Waals surface area contributed by atoms with Gasteiger partial charge in [-0.05, 0) is 67.9 Å². The lowest BCUT2D eigenvalue weighted by Gasteiger charge is -2.21. The number of amides is 4. The molecular formula is C22H23N3O3. The minimum Gasteiger partial charge on any atom is -0.322 e. The van der Waals surface area contributed by atoms with Crippen LogP contribution < -0.4 is 10.7 Å². The monoisotopic (exact) mass is 377 g/mol. The van der Waals surface area contributed by atoms with Crippen molar-refractivity contribution < 1.29 is 14.4 Å². The number of carbonyl (C=O) groups excluding carboxylic acids is 3. The maximum atomic E-state index is 12.8. The van der Waals surface area contributed by atoms with Gasteiger partial charge in [0.25, 0.3) is 11.8 Å². The Morgan fingerprint density at radius 1 is 1.11 bits per heavy atom. The van der Waals surface area contributed by atoms with E-state index < -0.39 is 23.4 Å². The number of carbonyl (C=O) groups is 3. The van der Waals surface area contributed by atoms with Gasteiger partial charge in [-0.1, -0.05) is 36.4 Å². The average molecular weight is 377 g/mol. The Bertz CT molecular complexity index is 941. The Balaban J connectivity index is 1.44. The minimum absolute atomic E-state index is 0.442. The summed E-state index contributed by atoms with van der Waals surface area (Å²) < 4.78 is 0. The number of nitrogens with one attached hydrogen (secondary N) is 2. The molecule has 2 aliphatic rings. The molecular weight excluding hydrogens is 354 g/mol. The highest BCUT2D eigenvalue weighted by molar-refractivity contribution is 6.09. The van der Waals surface area contributed by atoms with E-state index in [1.54, 1.807) is 13.0 Å². The first-order chi connectivity index (χ1) is 13.5. The number of hydrogen-bond acceptors (Lipinski definition) is 3. The number of aryl methyl sites for hydroxylation is 3. The number of rotatable bonds is 5. The van der Waals surface area contributed by atoms with Gasteiger partial charge in [0.1, 0.15) is 5.54 Å². The predicted molar refractivity (Wildman–Crippen MR) is 104 cm³/mol. The third-order valence-corrected chi connectivity index (χ3v) is 5.59. The smallest absolute Gasteiger partial charge is 0.322 e. The van der Waals surface area contributed by atoms with E-state index in [9.17, 15) is 14.4 Å². The van der Waals surface area contributed by atoms with Gasteiger partial charge < -0.3 is 5.32 Å². The summed E-state index contributed by atoms with van der Waals surface area (Å²) in [5.74, 6) is -0.895. The van der Waals surface area contributed by atoms with Crippen LogP contribution in [0.2, 0.25) is 0 Å². The Kier molecular flexibility index (Phi) is 4.63. The zero-order chi connectivity index (χ0) is 19.7. The molecule has 0 bridgehead atoms. The summed E-state index contributed by atoms with van der Waals surface area (Å²) in [4.78, 5) is 37.8. The van der Waals surface area contributed by atoms with E-state index in [1.807, 2.05) is 42.5 Å². The largest absolute Gasteiger partial charge is 0.344 e. The number of hydrogen-bond donors (Lipinski definition) is 2. The molecule has 2 N–H and O–H groups in total. The van der Waals surface area contributed by atoms with Gasteiger partial charge in [0.05, 0.1) is 0 Å². The van der Waals surface area contributed by atoms with Gasteiger partial charge in [-0.15, -0.1) is 0 Å². The molecule has 0 saturated carbocycles. The molecule has 1 aliphatic carbocycles. The molecule has 4 rings (SSSR count). The molecule has 1 aliphatic heterocycles. The van der Waals surface area contributed by atoms with Crippen molar-refractivity contribution in [1.82, 2.24) is 15.8 Å². The standard InChI is InChI=1S/C22H23N3O3/c1-22(13-12-15-6-3-2-4-7-15)20(27)25(21(28)23-22)24-19(26)18-11-10-16-8-5-9-17(16)14-18/h2-4,6-7,10-11,14H,5,8-9,12-13H2,1H3,(H,23,28)(H,24,26)/t22-/m0/s1. The quantitative estimate of drug-likeness (QED) is 0.787. The van der Waals surface area contributed by atoms with Crippen LogP contribution in [0.1, 0.15) is 46.8 Å². The fourth-order valence-electron chi connectivity index (χ4n) is 3.87. The van der Waals surface area contributed by atoms with E-state index >= 15 is 0 Å². The Labute approximate surface area is 163 Å². The van der Waals surface area contributed by atoms with E-state index in [1.165, 1.54) is 5.56 Å². The lowest BCUT2D eigenvalue weighted by molar-refractivity contribution is -0.132. The molecule has 0 aromatic heterocycles. The van der Waals surface area contributed by atoms with Crippen molar-refractivity contribution in [2.24, 2.45) is 0 Å². The van der Waals surface area contributed by atoms with Crippen LogP contribution in [-0.2, 0) is 24.1 Å². The molecule has 144 valence electrons. The molecule has 1 saturated heterocycles. The van der Waals surface area contributed by atoms with E-state index in [2.05, 4.69) is 10.7 Å². The van der Waals surface area contributed by atoms with Crippen molar-refractivity contribution in [2.45, 2.75) is 44.6 Å². The molecule has 0 radical (unpaired) electrons. The lowest BCUT2D eigenvalue weighted by atomic mass is 9.93. The summed E-state index contributed by atoms with van der Waals surface area (Å²) in [5.41, 5.74) is 5.40. The zero-order valence-corrected chi connectivity index (χ0v) is 15.8. The van der Waals surface area contributed by atoms with Crippen LogP contribution in [0.4, 0.5) is 4.79 Å². The molecule has 6 heteroatoms. The molecule has 1 heterocycles. The summed E-state index contributed by atoms with van der Waals surface area (Å²) in [5, 5.41) is 3.53. The number of fused-ring (bicyclic) bond motifs is 1. The molecule has 0 spiro atoms. The number of urea groups is 1. The summed E-state index contributed by atoms with van der Waals surface area (Å²) in [6.07, 6.45) is 4.18. The van der Waals surface area contributed by atoms with Crippen molar-refractivity contribution in [3.8, 4) is 0 Å². The Morgan fingerprint density at radius 2 is 1.86 bits per heavy atom. The van der Waals surface area contributed by atoms with Gasteiger partial charge in [-0.25, -0.2) is 4.79 Å². The van der Waals surface area contributed by atoms with Crippen molar-refractivity contribution in [3.63, 3.8) is 0 Å². The van der Waals surface area contributed by atoms with Crippen LogP contribution in [0.3, 0.4) is 0 Å². The van der Waals surface area contributed by atoms with Crippen LogP contribution in [0.15, 0.2) is 48.5 Å². The van der Waals surface area contributed by atoms with Gasteiger partial charge in [0.15, 0.2) is 0 Å². The highest BCUT2D eigenvalue weighted by Crippen LogP contribution is 2.24. The summed E-state index contributed by atoms with van der Waals surface area (Å²) in [6.45, 7) is 1.69. The SMILES string of the molecule is C[C@@]1(CCc2ccccc2)NC(=O)N(NC(=O)c2ccc3c(c2)CCC3)C1=O. The molecule has 4 amide bonds. The lowest BCUT2D eigenvalue weighted by Crippen LogP contribution is -2.49. The summed E-state index contributed by atoms with van der Waals surface area (Å²) >= 11 is 0. The fourth-order valence-corrected chi connectivity index (χ4v) is 3.87. The highest BCUT2D eigenvalue weighted by atomic mass is 16.2. The molecule has 0 unspecified atom stereocenters. The first-order valence-electron chi connectivity index (χ1n) is 9.60. The van der Waals surface area contributed by atoms with Crippen LogP contribution in [0.25, 0.3) is 0 Å². The van der Waals surface area contributed by atoms with Crippen LogP contribution >= 0.6 is 0 Å². The topological polar surface area (TPSA) is 78.5 Å². The van der Waals surface area contributed by atoms with Gasteiger partial charge in [-0.3, -0.25) is 15.0 Å². The third-order valence-electron chi connectivity index (χ3n) is 5.59. The first kappa shape index (κ1) is 18.2. The second-order valence-electron chi connectivity index (χ2n) is 7.67. The van der Waals surface area contributed by atoms with Gasteiger partial charge >= 0.3 is 6.03 Å². The minimum atomic E-state index is -1.04. The first-order valence-corrected chi connectivity index (χ1v) is 9.60. The molecule has 2 aromatic carbocycles. The molecule has 1 fully saturated rings.